The predicted octanol–water partition coefficient (Wildman–Crippen LogP) is 3.01. The Hall–Kier alpha value is -1.43. The van der Waals surface area contributed by atoms with Crippen molar-refractivity contribution in [2.45, 2.75) is 53.4 Å². The Labute approximate surface area is 135 Å². The average Bonchev–Trinajstić information content (AvgIpc) is 2.81. The minimum atomic E-state index is -0.731. The molecule has 1 heterocycles. The standard InChI is InChI=1S/C16H23N3O2S/c1-5-6-7-17-14(15-10(2)18-19-22-15)13-11(20)8-16(3,4)9-12(13)21/h13H,5-9H2,1-4H3. The summed E-state index contributed by atoms with van der Waals surface area (Å²) in [4.78, 5) is 30.5. The molecule has 1 aromatic rings. The maximum Gasteiger partial charge on any atom is 0.149 e. The van der Waals surface area contributed by atoms with Gasteiger partial charge in [-0.25, -0.2) is 0 Å². The van der Waals surface area contributed by atoms with Gasteiger partial charge in [0.2, 0.25) is 0 Å². The highest BCUT2D eigenvalue weighted by atomic mass is 32.1. The molecule has 0 spiro atoms. The van der Waals surface area contributed by atoms with Crippen LogP contribution in [0.5, 0.6) is 0 Å². The molecule has 1 aromatic heterocycles. The van der Waals surface area contributed by atoms with Crippen molar-refractivity contribution in [3.8, 4) is 0 Å². The van der Waals surface area contributed by atoms with Gasteiger partial charge in [-0.3, -0.25) is 14.6 Å². The number of rotatable bonds is 5. The summed E-state index contributed by atoms with van der Waals surface area (Å²) in [5.74, 6) is -0.778. The zero-order valence-electron chi connectivity index (χ0n) is 13.7. The smallest absolute Gasteiger partial charge is 0.149 e. The van der Waals surface area contributed by atoms with Crippen molar-refractivity contribution in [2.75, 3.05) is 6.54 Å². The molecule has 0 unspecified atom stereocenters. The van der Waals surface area contributed by atoms with Crippen LogP contribution in [0.2, 0.25) is 0 Å². The van der Waals surface area contributed by atoms with E-state index in [-0.39, 0.29) is 17.0 Å². The molecule has 0 N–H and O–H groups in total. The summed E-state index contributed by atoms with van der Waals surface area (Å²) in [6.45, 7) is 8.49. The lowest BCUT2D eigenvalue weighted by atomic mass is 9.70. The van der Waals surface area contributed by atoms with E-state index in [2.05, 4.69) is 21.5 Å². The Bertz CT molecular complexity index is 584. The molecule has 1 aliphatic rings. The van der Waals surface area contributed by atoms with Crippen LogP contribution >= 0.6 is 11.5 Å². The van der Waals surface area contributed by atoms with Crippen molar-refractivity contribution in [1.29, 1.82) is 0 Å². The van der Waals surface area contributed by atoms with Crippen molar-refractivity contribution in [3.05, 3.63) is 10.6 Å². The van der Waals surface area contributed by atoms with E-state index in [1.807, 2.05) is 20.8 Å². The number of aryl methyl sites for hydroxylation is 1. The summed E-state index contributed by atoms with van der Waals surface area (Å²) in [5.41, 5.74) is 1.08. The lowest BCUT2D eigenvalue weighted by molar-refractivity contribution is -0.136. The van der Waals surface area contributed by atoms with Crippen LogP contribution in [-0.4, -0.2) is 33.4 Å². The number of ketones is 2. The number of hydrogen-bond donors (Lipinski definition) is 0. The SMILES string of the molecule is CCCCN=C(c1snnc1C)C1C(=O)CC(C)(C)CC1=O. The van der Waals surface area contributed by atoms with E-state index in [0.717, 1.165) is 23.4 Å². The lowest BCUT2D eigenvalue weighted by Crippen LogP contribution is -2.42. The maximum absolute atomic E-state index is 12.6. The van der Waals surface area contributed by atoms with Crippen LogP contribution < -0.4 is 0 Å². The van der Waals surface area contributed by atoms with Gasteiger partial charge in [0, 0.05) is 19.4 Å². The van der Waals surface area contributed by atoms with Crippen LogP contribution in [0.15, 0.2) is 4.99 Å². The molecule has 1 aliphatic carbocycles. The van der Waals surface area contributed by atoms with Gasteiger partial charge in [0.05, 0.1) is 16.3 Å². The molecule has 1 saturated carbocycles. The van der Waals surface area contributed by atoms with Gasteiger partial charge >= 0.3 is 0 Å². The minimum absolute atomic E-state index is 0.0238. The number of Topliss-reactive ketones (excluding diaryl/α,β-unsaturated/α-hetero) is 2. The van der Waals surface area contributed by atoms with Gasteiger partial charge in [-0.05, 0) is 30.3 Å². The molecule has 0 radical (unpaired) electrons. The monoisotopic (exact) mass is 321 g/mol. The van der Waals surface area contributed by atoms with Crippen LogP contribution in [0.4, 0.5) is 0 Å². The highest BCUT2D eigenvalue weighted by Crippen LogP contribution is 2.36. The van der Waals surface area contributed by atoms with E-state index < -0.39 is 5.92 Å². The number of aliphatic imine (C=N–C) groups is 1. The van der Waals surface area contributed by atoms with Crippen molar-refractivity contribution in [1.82, 2.24) is 9.59 Å². The number of nitrogens with zero attached hydrogens (tertiary/aromatic N) is 3. The van der Waals surface area contributed by atoms with E-state index in [9.17, 15) is 9.59 Å². The molecule has 0 bridgehead atoms. The molecule has 0 saturated heterocycles. The first-order valence-corrected chi connectivity index (χ1v) is 8.52. The molecule has 0 aromatic carbocycles. The van der Waals surface area contributed by atoms with Gasteiger partial charge < -0.3 is 0 Å². The fourth-order valence-electron chi connectivity index (χ4n) is 2.81. The van der Waals surface area contributed by atoms with Gasteiger partial charge in [0.1, 0.15) is 17.5 Å². The topological polar surface area (TPSA) is 72.3 Å². The zero-order chi connectivity index (χ0) is 16.3. The van der Waals surface area contributed by atoms with Crippen LogP contribution in [0.3, 0.4) is 0 Å². The third-order valence-electron chi connectivity index (χ3n) is 3.90. The van der Waals surface area contributed by atoms with Crippen molar-refractivity contribution >= 4 is 28.8 Å². The second-order valence-corrected chi connectivity index (χ2v) is 7.45. The van der Waals surface area contributed by atoms with Crippen molar-refractivity contribution < 1.29 is 9.59 Å². The molecule has 120 valence electrons. The molecule has 2 rings (SSSR count). The van der Waals surface area contributed by atoms with Gasteiger partial charge in [-0.2, -0.15) is 0 Å². The Morgan fingerprint density at radius 3 is 2.45 bits per heavy atom. The van der Waals surface area contributed by atoms with Crippen molar-refractivity contribution in [3.63, 3.8) is 0 Å². The summed E-state index contributed by atoms with van der Waals surface area (Å²) >= 11 is 1.22. The second kappa shape index (κ2) is 6.77. The fraction of sp³-hybridized carbons (Fsp3) is 0.688. The summed E-state index contributed by atoms with van der Waals surface area (Å²) < 4.78 is 3.93. The average molecular weight is 321 g/mol. The Balaban J connectivity index is 2.37. The van der Waals surface area contributed by atoms with Crippen LogP contribution in [0.25, 0.3) is 0 Å². The summed E-state index contributed by atoms with van der Waals surface area (Å²) in [5, 5.41) is 4.00. The molecular formula is C16H23N3O2S. The Kier molecular flexibility index (Phi) is 5.21. The Morgan fingerprint density at radius 1 is 1.32 bits per heavy atom. The van der Waals surface area contributed by atoms with Gasteiger partial charge in [0.15, 0.2) is 0 Å². The first-order valence-electron chi connectivity index (χ1n) is 7.75. The van der Waals surface area contributed by atoms with E-state index >= 15 is 0 Å². The van der Waals surface area contributed by atoms with Crippen LogP contribution in [0.1, 0.15) is 57.0 Å². The summed E-state index contributed by atoms with van der Waals surface area (Å²) in [6, 6.07) is 0. The minimum Gasteiger partial charge on any atom is -0.298 e. The van der Waals surface area contributed by atoms with Gasteiger partial charge in [-0.1, -0.05) is 31.7 Å². The number of hydrogen-bond acceptors (Lipinski definition) is 6. The third-order valence-corrected chi connectivity index (χ3v) is 4.75. The highest BCUT2D eigenvalue weighted by molar-refractivity contribution is 7.08. The number of unbranched alkanes of at least 4 members (excludes halogenated alkanes) is 1. The molecule has 6 heteroatoms. The molecule has 0 aliphatic heterocycles. The number of aromatic nitrogens is 2. The molecule has 5 nitrogen and oxygen atoms in total. The lowest BCUT2D eigenvalue weighted by Gasteiger charge is -2.32. The first-order chi connectivity index (χ1) is 10.4. The molecule has 0 atom stereocenters. The van der Waals surface area contributed by atoms with Gasteiger partial charge in [-0.15, -0.1) is 5.10 Å². The number of carbonyl (C=O) groups excluding carboxylic acids is 2. The quantitative estimate of drug-likeness (QED) is 0.475. The fourth-order valence-corrected chi connectivity index (χ4v) is 3.51. The largest absolute Gasteiger partial charge is 0.298 e. The van der Waals surface area contributed by atoms with E-state index in [0.29, 0.717) is 25.1 Å². The van der Waals surface area contributed by atoms with Crippen LogP contribution in [-0.2, 0) is 9.59 Å². The van der Waals surface area contributed by atoms with E-state index in [4.69, 9.17) is 0 Å². The second-order valence-electron chi connectivity index (χ2n) is 6.69. The normalized spacial score (nSPS) is 19.7. The third kappa shape index (κ3) is 3.66. The first kappa shape index (κ1) is 16.9. The van der Waals surface area contributed by atoms with E-state index in [1.165, 1.54) is 11.5 Å². The Morgan fingerprint density at radius 2 is 1.95 bits per heavy atom. The predicted molar refractivity (Wildman–Crippen MR) is 87.5 cm³/mol. The zero-order valence-corrected chi connectivity index (χ0v) is 14.5. The summed E-state index contributed by atoms with van der Waals surface area (Å²) in [6.07, 6.45) is 2.80. The number of carbonyl (C=O) groups is 2. The molecular weight excluding hydrogens is 298 g/mol. The van der Waals surface area contributed by atoms with Gasteiger partial charge in [0.25, 0.3) is 0 Å². The molecule has 0 amide bonds. The van der Waals surface area contributed by atoms with Crippen LogP contribution in [0, 0.1) is 18.3 Å². The van der Waals surface area contributed by atoms with Crippen molar-refractivity contribution in [2.24, 2.45) is 16.3 Å². The highest BCUT2D eigenvalue weighted by Gasteiger charge is 2.43. The molecule has 1 fully saturated rings. The molecule has 22 heavy (non-hydrogen) atoms. The van der Waals surface area contributed by atoms with E-state index in [1.54, 1.807) is 0 Å². The maximum atomic E-state index is 12.6. The summed E-state index contributed by atoms with van der Waals surface area (Å²) in [7, 11) is 0.